The fourth-order valence-corrected chi connectivity index (χ4v) is 2.19. The second kappa shape index (κ2) is 9.05. The maximum Gasteiger partial charge on any atom is 0.193 e. The number of aliphatic imine (C=N–C) groups is 1. The zero-order chi connectivity index (χ0) is 14.1. The van der Waals surface area contributed by atoms with Gasteiger partial charge in [-0.15, -0.1) is 0 Å². The van der Waals surface area contributed by atoms with Crippen LogP contribution in [0.1, 0.15) is 39.0 Å². The summed E-state index contributed by atoms with van der Waals surface area (Å²) in [4.78, 5) is 4.27. The van der Waals surface area contributed by atoms with Gasteiger partial charge in [0.1, 0.15) is 0 Å². The van der Waals surface area contributed by atoms with Gasteiger partial charge in [-0.2, -0.15) is 0 Å². The molecule has 3 nitrogen and oxygen atoms in total. The summed E-state index contributed by atoms with van der Waals surface area (Å²) in [6, 6.07) is 5.30. The number of hydrogen-bond donors (Lipinski definition) is 2. The molecule has 19 heavy (non-hydrogen) atoms. The average Bonchev–Trinajstić information content (AvgIpc) is 2.38. The molecule has 0 fully saturated rings. The Morgan fingerprint density at radius 1 is 1.16 bits per heavy atom. The van der Waals surface area contributed by atoms with Gasteiger partial charge in [-0.3, -0.25) is 4.99 Å². The summed E-state index contributed by atoms with van der Waals surface area (Å²) >= 11 is 12.1. The van der Waals surface area contributed by atoms with E-state index in [4.69, 9.17) is 28.9 Å². The van der Waals surface area contributed by atoms with E-state index in [0.717, 1.165) is 13.0 Å². The summed E-state index contributed by atoms with van der Waals surface area (Å²) in [5, 5.41) is 4.02. The number of nitrogens with two attached hydrogens (primary N) is 1. The van der Waals surface area contributed by atoms with Crippen molar-refractivity contribution in [2.75, 3.05) is 11.9 Å². The molecule has 0 aliphatic carbocycles. The van der Waals surface area contributed by atoms with Gasteiger partial charge >= 0.3 is 0 Å². The lowest BCUT2D eigenvalue weighted by Crippen LogP contribution is -2.23. The third-order valence-electron chi connectivity index (χ3n) is 2.76. The number of guanidine groups is 1. The Labute approximate surface area is 125 Å². The number of rotatable bonds is 7. The molecular weight excluding hydrogens is 281 g/mol. The number of nitrogens with zero attached hydrogens (tertiary/aromatic N) is 1. The van der Waals surface area contributed by atoms with Crippen molar-refractivity contribution in [3.8, 4) is 0 Å². The highest BCUT2D eigenvalue weighted by atomic mass is 35.5. The molecule has 0 unspecified atom stereocenters. The van der Waals surface area contributed by atoms with Gasteiger partial charge in [-0.25, -0.2) is 0 Å². The van der Waals surface area contributed by atoms with Crippen LogP contribution in [0.15, 0.2) is 23.2 Å². The van der Waals surface area contributed by atoms with Crippen LogP contribution in [0.3, 0.4) is 0 Å². The lowest BCUT2D eigenvalue weighted by Gasteiger charge is -2.09. The molecule has 0 aliphatic heterocycles. The minimum Gasteiger partial charge on any atom is -0.370 e. The number of unbranched alkanes of at least 4 members (excludes halogenated alkanes) is 4. The first-order valence-corrected chi connectivity index (χ1v) is 7.41. The molecule has 0 spiro atoms. The second-order valence-electron chi connectivity index (χ2n) is 4.40. The molecule has 5 heteroatoms. The molecule has 1 aromatic carbocycles. The Morgan fingerprint density at radius 3 is 2.42 bits per heavy atom. The minimum absolute atomic E-state index is 0.352. The van der Waals surface area contributed by atoms with Crippen LogP contribution in [-0.4, -0.2) is 12.5 Å². The number of halogens is 2. The van der Waals surface area contributed by atoms with Gasteiger partial charge in [-0.1, -0.05) is 61.9 Å². The molecule has 1 rings (SSSR count). The summed E-state index contributed by atoms with van der Waals surface area (Å²) in [6.07, 6.45) is 6.04. The molecule has 106 valence electrons. The van der Waals surface area contributed by atoms with Crippen molar-refractivity contribution in [2.24, 2.45) is 10.7 Å². The molecule has 1 aromatic rings. The first kappa shape index (κ1) is 16.1. The van der Waals surface area contributed by atoms with Crippen molar-refractivity contribution in [1.29, 1.82) is 0 Å². The van der Waals surface area contributed by atoms with Gasteiger partial charge in [0.2, 0.25) is 0 Å². The third-order valence-corrected chi connectivity index (χ3v) is 3.39. The van der Waals surface area contributed by atoms with E-state index in [1.807, 2.05) is 0 Å². The van der Waals surface area contributed by atoms with E-state index in [9.17, 15) is 0 Å². The van der Waals surface area contributed by atoms with Gasteiger partial charge in [0, 0.05) is 6.54 Å². The van der Waals surface area contributed by atoms with Gasteiger partial charge in [0.05, 0.1) is 15.7 Å². The number of anilines is 1. The molecule has 0 aliphatic rings. The molecule has 0 radical (unpaired) electrons. The normalized spacial score (nSPS) is 11.6. The van der Waals surface area contributed by atoms with Crippen LogP contribution in [0.4, 0.5) is 5.69 Å². The summed E-state index contributed by atoms with van der Waals surface area (Å²) < 4.78 is 0. The number of nitrogens with one attached hydrogen (secondary N) is 1. The predicted octanol–water partition coefficient (Wildman–Crippen LogP) is 4.69. The van der Waals surface area contributed by atoms with E-state index < -0.39 is 0 Å². The van der Waals surface area contributed by atoms with E-state index in [1.165, 1.54) is 25.7 Å². The molecule has 0 aromatic heterocycles. The highest BCUT2D eigenvalue weighted by Gasteiger charge is 2.05. The SMILES string of the molecule is CCCCCCCN=C(N)Nc1c(Cl)cccc1Cl. The fourth-order valence-electron chi connectivity index (χ4n) is 1.70. The molecule has 0 saturated heterocycles. The van der Waals surface area contributed by atoms with Crippen molar-refractivity contribution >= 4 is 34.8 Å². The standard InChI is InChI=1S/C14H21Cl2N3/c1-2-3-4-5-6-10-18-14(17)19-13-11(15)8-7-9-12(13)16/h7-9H,2-6,10H2,1H3,(H3,17,18,19). The van der Waals surface area contributed by atoms with Gasteiger partial charge < -0.3 is 11.1 Å². The Morgan fingerprint density at radius 2 is 1.79 bits per heavy atom. The highest BCUT2D eigenvalue weighted by molar-refractivity contribution is 6.39. The lowest BCUT2D eigenvalue weighted by atomic mass is 10.2. The summed E-state index contributed by atoms with van der Waals surface area (Å²) in [5.74, 6) is 0.352. The smallest absolute Gasteiger partial charge is 0.193 e. The molecule has 3 N–H and O–H groups in total. The maximum atomic E-state index is 6.03. The van der Waals surface area contributed by atoms with Crippen LogP contribution in [0.5, 0.6) is 0 Å². The first-order valence-electron chi connectivity index (χ1n) is 6.66. The number of para-hydroxylation sites is 1. The first-order chi connectivity index (χ1) is 9.15. The quantitative estimate of drug-likeness (QED) is 0.436. The van der Waals surface area contributed by atoms with Crippen molar-refractivity contribution in [3.05, 3.63) is 28.2 Å². The zero-order valence-electron chi connectivity index (χ0n) is 11.3. The fraction of sp³-hybridized carbons (Fsp3) is 0.500. The number of hydrogen-bond acceptors (Lipinski definition) is 1. The summed E-state index contributed by atoms with van der Waals surface area (Å²) in [5.41, 5.74) is 6.42. The largest absolute Gasteiger partial charge is 0.370 e. The van der Waals surface area contributed by atoms with Crippen LogP contribution in [0.2, 0.25) is 10.0 Å². The lowest BCUT2D eigenvalue weighted by molar-refractivity contribution is 0.638. The van der Waals surface area contributed by atoms with Crippen LogP contribution in [0.25, 0.3) is 0 Å². The van der Waals surface area contributed by atoms with E-state index in [1.54, 1.807) is 18.2 Å². The van der Waals surface area contributed by atoms with E-state index >= 15 is 0 Å². The molecule has 0 heterocycles. The van der Waals surface area contributed by atoms with Crippen molar-refractivity contribution < 1.29 is 0 Å². The topological polar surface area (TPSA) is 50.4 Å². The number of benzene rings is 1. The zero-order valence-corrected chi connectivity index (χ0v) is 12.8. The Bertz CT molecular complexity index is 399. The summed E-state index contributed by atoms with van der Waals surface area (Å²) in [7, 11) is 0. The van der Waals surface area contributed by atoms with E-state index in [-0.39, 0.29) is 0 Å². The van der Waals surface area contributed by atoms with Gasteiger partial charge in [-0.05, 0) is 18.6 Å². The van der Waals surface area contributed by atoms with Crippen LogP contribution >= 0.6 is 23.2 Å². The second-order valence-corrected chi connectivity index (χ2v) is 5.22. The van der Waals surface area contributed by atoms with Crippen LogP contribution < -0.4 is 11.1 Å². The Balaban J connectivity index is 2.39. The predicted molar refractivity (Wildman–Crippen MR) is 85.3 cm³/mol. The maximum absolute atomic E-state index is 6.03. The van der Waals surface area contributed by atoms with Crippen molar-refractivity contribution in [3.63, 3.8) is 0 Å². The van der Waals surface area contributed by atoms with E-state index in [0.29, 0.717) is 21.7 Å². The van der Waals surface area contributed by atoms with E-state index in [2.05, 4.69) is 17.2 Å². The van der Waals surface area contributed by atoms with Gasteiger partial charge in [0.15, 0.2) is 5.96 Å². The van der Waals surface area contributed by atoms with Crippen molar-refractivity contribution in [1.82, 2.24) is 0 Å². The molecule has 0 saturated carbocycles. The minimum atomic E-state index is 0.352. The molecule has 0 atom stereocenters. The monoisotopic (exact) mass is 301 g/mol. The van der Waals surface area contributed by atoms with Crippen LogP contribution in [0, 0.1) is 0 Å². The summed E-state index contributed by atoms with van der Waals surface area (Å²) in [6.45, 7) is 2.93. The van der Waals surface area contributed by atoms with Crippen LogP contribution in [-0.2, 0) is 0 Å². The Kier molecular flexibility index (Phi) is 7.68. The van der Waals surface area contributed by atoms with Gasteiger partial charge in [0.25, 0.3) is 0 Å². The highest BCUT2D eigenvalue weighted by Crippen LogP contribution is 2.29. The molecular formula is C14H21Cl2N3. The molecule has 0 amide bonds. The Hall–Kier alpha value is -0.930. The van der Waals surface area contributed by atoms with Crippen molar-refractivity contribution in [2.45, 2.75) is 39.0 Å². The molecule has 0 bridgehead atoms. The average molecular weight is 302 g/mol. The third kappa shape index (κ3) is 6.17.